The normalized spacial score (nSPS) is 24.9. The van der Waals surface area contributed by atoms with E-state index in [9.17, 15) is 19.8 Å². The third kappa shape index (κ3) is 7.97. The van der Waals surface area contributed by atoms with Gasteiger partial charge in [0.2, 0.25) is 0 Å². The average molecular weight is 381 g/mol. The Labute approximate surface area is 163 Å². The number of carbonyl (C=O) groups is 2. The van der Waals surface area contributed by atoms with Crippen LogP contribution < -0.4 is 0 Å². The molecule has 1 fully saturated rings. The van der Waals surface area contributed by atoms with Crippen molar-refractivity contribution in [3.8, 4) is 0 Å². The van der Waals surface area contributed by atoms with Crippen molar-refractivity contribution < 1.29 is 24.9 Å². The molecule has 0 amide bonds. The summed E-state index contributed by atoms with van der Waals surface area (Å²) in [5.41, 5.74) is -0.244. The van der Waals surface area contributed by atoms with Crippen LogP contribution >= 0.6 is 0 Å². The molecule has 1 aliphatic carbocycles. The van der Waals surface area contributed by atoms with Crippen LogP contribution in [-0.4, -0.2) is 39.3 Å². The fourth-order valence-electron chi connectivity index (χ4n) is 3.53. The quantitative estimate of drug-likeness (QED) is 0.353. The lowest BCUT2D eigenvalue weighted by atomic mass is 9.80. The molecule has 5 heteroatoms. The lowest BCUT2D eigenvalue weighted by molar-refractivity contribution is -0.137. The number of hydrogen-bond donors (Lipinski definition) is 3. The monoisotopic (exact) mass is 380 g/mol. The van der Waals surface area contributed by atoms with E-state index in [1.807, 2.05) is 26.0 Å². The van der Waals surface area contributed by atoms with Gasteiger partial charge < -0.3 is 15.3 Å². The summed E-state index contributed by atoms with van der Waals surface area (Å²) in [6.07, 6.45) is 11.2. The summed E-state index contributed by atoms with van der Waals surface area (Å²) in [7, 11) is 0. The number of allylic oxidation sites excluding steroid dienone is 3. The molecule has 4 atom stereocenters. The van der Waals surface area contributed by atoms with Crippen LogP contribution in [0.15, 0.2) is 24.3 Å². The molecule has 1 saturated carbocycles. The van der Waals surface area contributed by atoms with Gasteiger partial charge in [0.1, 0.15) is 5.78 Å². The van der Waals surface area contributed by atoms with Crippen molar-refractivity contribution in [2.75, 3.05) is 0 Å². The lowest BCUT2D eigenvalue weighted by Crippen LogP contribution is -2.28. The predicted molar refractivity (Wildman–Crippen MR) is 106 cm³/mol. The van der Waals surface area contributed by atoms with Crippen LogP contribution in [0.25, 0.3) is 0 Å². The molecule has 3 N–H and O–H groups in total. The highest BCUT2D eigenvalue weighted by Crippen LogP contribution is 2.35. The number of carbonyl (C=O) groups excluding carboxylic acids is 1. The maximum absolute atomic E-state index is 12.3. The summed E-state index contributed by atoms with van der Waals surface area (Å²) in [6.45, 7) is 6.18. The maximum atomic E-state index is 12.3. The van der Waals surface area contributed by atoms with Crippen molar-refractivity contribution in [3.05, 3.63) is 24.3 Å². The molecule has 0 aromatic rings. The topological polar surface area (TPSA) is 94.8 Å². The largest absolute Gasteiger partial charge is 0.481 e. The minimum absolute atomic E-state index is 0.0154. The molecule has 0 heterocycles. The van der Waals surface area contributed by atoms with Gasteiger partial charge in [0.25, 0.3) is 0 Å². The van der Waals surface area contributed by atoms with Crippen LogP contribution in [0.1, 0.15) is 72.1 Å². The van der Waals surface area contributed by atoms with E-state index in [4.69, 9.17) is 5.11 Å². The highest BCUT2D eigenvalue weighted by atomic mass is 16.4. The molecule has 5 nitrogen and oxygen atoms in total. The highest BCUT2D eigenvalue weighted by molar-refractivity contribution is 5.86. The zero-order valence-corrected chi connectivity index (χ0v) is 16.9. The van der Waals surface area contributed by atoms with Gasteiger partial charge in [-0.15, -0.1) is 0 Å². The highest BCUT2D eigenvalue weighted by Gasteiger charge is 2.39. The molecule has 0 aromatic heterocycles. The van der Waals surface area contributed by atoms with Gasteiger partial charge in [-0.25, -0.2) is 0 Å². The van der Waals surface area contributed by atoms with E-state index >= 15 is 0 Å². The number of aliphatic hydroxyl groups excluding tert-OH is 2. The van der Waals surface area contributed by atoms with Crippen LogP contribution in [-0.2, 0) is 9.59 Å². The van der Waals surface area contributed by atoms with Crippen molar-refractivity contribution in [2.45, 2.75) is 84.3 Å². The zero-order valence-electron chi connectivity index (χ0n) is 16.9. The standard InChI is InChI=1S/C22H36O5/c1-4-5-14-22(2,3)20(25)13-12-17-16(18(23)15-19(17)24)10-8-6-7-9-11-21(26)27/h6,8,12-13,16-18,20,23,25H,4-5,7,9-11,14-15H2,1-3H3,(H,26,27)/b8-6-,13-12+/t16-,17-,18+,20+/m1/s1. The number of unbranched alkanes of at least 4 members (excludes halogenated alkanes) is 2. The van der Waals surface area contributed by atoms with Gasteiger partial charge in [0.05, 0.1) is 12.2 Å². The summed E-state index contributed by atoms with van der Waals surface area (Å²) < 4.78 is 0. The molecule has 0 aromatic carbocycles. The fraction of sp³-hybridized carbons (Fsp3) is 0.727. The van der Waals surface area contributed by atoms with Crippen molar-refractivity contribution in [1.82, 2.24) is 0 Å². The number of hydrogen-bond acceptors (Lipinski definition) is 4. The number of carboxylic acid groups (broad SMARTS) is 1. The second-order valence-electron chi connectivity index (χ2n) is 8.34. The van der Waals surface area contributed by atoms with Crippen LogP contribution in [0, 0.1) is 17.3 Å². The van der Waals surface area contributed by atoms with Gasteiger partial charge in [0.15, 0.2) is 0 Å². The first kappa shape index (κ1) is 23.6. The smallest absolute Gasteiger partial charge is 0.303 e. The minimum atomic E-state index is -0.800. The molecule has 0 saturated heterocycles. The summed E-state index contributed by atoms with van der Waals surface area (Å²) in [6, 6.07) is 0. The Morgan fingerprint density at radius 2 is 2.00 bits per heavy atom. The van der Waals surface area contributed by atoms with Crippen molar-refractivity contribution >= 4 is 11.8 Å². The molecule has 154 valence electrons. The summed E-state index contributed by atoms with van der Waals surface area (Å²) in [5, 5.41) is 29.3. The Balaban J connectivity index is 2.63. The van der Waals surface area contributed by atoms with Gasteiger partial charge >= 0.3 is 5.97 Å². The van der Waals surface area contributed by atoms with E-state index in [-0.39, 0.29) is 35.9 Å². The van der Waals surface area contributed by atoms with Crippen LogP contribution in [0.2, 0.25) is 0 Å². The molecule has 0 aliphatic heterocycles. The third-order valence-corrected chi connectivity index (χ3v) is 5.55. The molecular formula is C22H36O5. The number of carboxylic acids is 1. The van der Waals surface area contributed by atoms with Gasteiger partial charge in [-0.1, -0.05) is 57.9 Å². The predicted octanol–water partition coefficient (Wildman–Crippen LogP) is 3.89. The van der Waals surface area contributed by atoms with Crippen molar-refractivity contribution in [2.24, 2.45) is 17.3 Å². The van der Waals surface area contributed by atoms with Gasteiger partial charge in [0, 0.05) is 24.7 Å². The molecule has 27 heavy (non-hydrogen) atoms. The molecule has 0 spiro atoms. The Morgan fingerprint density at radius 1 is 1.30 bits per heavy atom. The Morgan fingerprint density at radius 3 is 2.63 bits per heavy atom. The average Bonchev–Trinajstić information content (AvgIpc) is 2.86. The number of aliphatic carboxylic acids is 1. The number of Topliss-reactive ketones (excluding diaryl/α,β-unsaturated/α-hetero) is 1. The molecule has 0 bridgehead atoms. The van der Waals surface area contributed by atoms with E-state index in [1.165, 1.54) is 0 Å². The van der Waals surface area contributed by atoms with Crippen LogP contribution in [0.4, 0.5) is 0 Å². The van der Waals surface area contributed by atoms with E-state index in [0.717, 1.165) is 19.3 Å². The van der Waals surface area contributed by atoms with Gasteiger partial charge in [-0.05, 0) is 31.1 Å². The van der Waals surface area contributed by atoms with Gasteiger partial charge in [-0.3, -0.25) is 9.59 Å². The maximum Gasteiger partial charge on any atom is 0.303 e. The third-order valence-electron chi connectivity index (χ3n) is 5.55. The second-order valence-corrected chi connectivity index (χ2v) is 8.34. The first-order valence-corrected chi connectivity index (χ1v) is 10.1. The van der Waals surface area contributed by atoms with Crippen molar-refractivity contribution in [1.29, 1.82) is 0 Å². The Hall–Kier alpha value is -1.46. The van der Waals surface area contributed by atoms with E-state index < -0.39 is 18.2 Å². The van der Waals surface area contributed by atoms with Crippen LogP contribution in [0.3, 0.4) is 0 Å². The van der Waals surface area contributed by atoms with Crippen LogP contribution in [0.5, 0.6) is 0 Å². The second kappa shape index (κ2) is 11.4. The van der Waals surface area contributed by atoms with E-state index in [0.29, 0.717) is 19.3 Å². The summed E-state index contributed by atoms with van der Waals surface area (Å²) >= 11 is 0. The minimum Gasteiger partial charge on any atom is -0.481 e. The lowest BCUT2D eigenvalue weighted by Gasteiger charge is -2.29. The molecule has 0 unspecified atom stereocenters. The van der Waals surface area contributed by atoms with E-state index in [2.05, 4.69) is 6.92 Å². The van der Waals surface area contributed by atoms with Crippen molar-refractivity contribution in [3.63, 3.8) is 0 Å². The molecule has 1 aliphatic rings. The Bertz CT molecular complexity index is 535. The first-order chi connectivity index (χ1) is 12.7. The van der Waals surface area contributed by atoms with Gasteiger partial charge in [-0.2, -0.15) is 0 Å². The van der Waals surface area contributed by atoms with E-state index in [1.54, 1.807) is 12.2 Å². The molecule has 0 radical (unpaired) electrons. The fourth-order valence-corrected chi connectivity index (χ4v) is 3.53. The molecule has 1 rings (SSSR count). The summed E-state index contributed by atoms with van der Waals surface area (Å²) in [4.78, 5) is 22.8. The Kier molecular flexibility index (Phi) is 9.95. The summed E-state index contributed by atoms with van der Waals surface area (Å²) in [5.74, 6) is -1.34. The zero-order chi connectivity index (χ0) is 20.4. The number of rotatable bonds is 12. The molecular weight excluding hydrogens is 344 g/mol. The SMILES string of the molecule is CCCCC(C)(C)[C@@H](O)/C=C/[C@H]1C(=O)C[C@H](O)[C@@H]1C/C=C\CCCC(=O)O. The number of ketones is 1. The number of aliphatic hydroxyl groups is 2. The first-order valence-electron chi connectivity index (χ1n) is 10.1.